The third-order valence-electron chi connectivity index (χ3n) is 30.7. The highest BCUT2D eigenvalue weighted by Crippen LogP contribution is 2.47. The number of likely N-dealkylation sites (tertiary alicyclic amines) is 5. The van der Waals surface area contributed by atoms with Gasteiger partial charge in [-0.3, -0.25) is 74.0 Å². The molecule has 10 aromatic rings. The zero-order chi connectivity index (χ0) is 103. The molecule has 0 bridgehead atoms. The maximum Gasteiger partial charge on any atom is 0.416 e. The van der Waals surface area contributed by atoms with E-state index < -0.39 is 58.7 Å². The van der Waals surface area contributed by atoms with E-state index in [1.165, 1.54) is 30.3 Å². The molecular formula is C105H125F15N20O5. The molecule has 5 aromatic carbocycles. The molecule has 0 aliphatic carbocycles. The fourth-order valence-electron chi connectivity index (χ4n) is 22.3. The first kappa shape index (κ1) is 106. The quantitative estimate of drug-likeness (QED) is 0.0598. The molecular weight excluding hydrogens is 1910 g/mol. The van der Waals surface area contributed by atoms with E-state index in [9.17, 15) is 89.8 Å². The van der Waals surface area contributed by atoms with Crippen LogP contribution in [0, 0.1) is 0 Å². The summed E-state index contributed by atoms with van der Waals surface area (Å²) >= 11 is 0. The summed E-state index contributed by atoms with van der Waals surface area (Å²) in [5.41, 5.74) is 11.1. The lowest BCUT2D eigenvalue weighted by atomic mass is 9.86. The van der Waals surface area contributed by atoms with Gasteiger partial charge in [0.2, 0.25) is 0 Å². The van der Waals surface area contributed by atoms with Gasteiger partial charge in [0.25, 0.3) is 29.5 Å². The smallest absolute Gasteiger partial charge is 0.337 e. The van der Waals surface area contributed by atoms with E-state index in [1.54, 1.807) is 85.2 Å². The van der Waals surface area contributed by atoms with E-state index >= 15 is 0 Å². The number of nitrogens with zero attached hydrogens (tertiary/aromatic N) is 15. The van der Waals surface area contributed by atoms with Crippen LogP contribution in [0.3, 0.4) is 0 Å². The Morgan fingerprint density at radius 3 is 0.710 bits per heavy atom. The number of halogens is 15. The van der Waals surface area contributed by atoms with Crippen LogP contribution in [0.25, 0.3) is 0 Å². The highest BCUT2D eigenvalue weighted by molar-refractivity contribution is 5.97. The van der Waals surface area contributed by atoms with Crippen LogP contribution in [-0.2, 0) is 95.8 Å². The minimum atomic E-state index is -4.36. The summed E-state index contributed by atoms with van der Waals surface area (Å²) < 4.78 is 200. The lowest BCUT2D eigenvalue weighted by Gasteiger charge is -2.33. The number of aryl methyl sites for hydroxylation is 1. The number of likely N-dealkylation sites (N-methyl/N-ethyl adjacent to an activating group) is 3. The largest absolute Gasteiger partial charge is 0.416 e. The Bertz CT molecular complexity index is 5970. The average molecular weight is 2030 g/mol. The van der Waals surface area contributed by atoms with E-state index in [0.29, 0.717) is 206 Å². The molecule has 5 aromatic heterocycles. The molecule has 0 saturated carbocycles. The molecule has 40 heteroatoms. The maximum absolute atomic E-state index is 13.4. The number of benzene rings is 5. The average Bonchev–Trinajstić information content (AvgIpc) is 1.68. The number of piperidine rings is 5. The zero-order valence-corrected chi connectivity index (χ0v) is 82.1. The van der Waals surface area contributed by atoms with Crippen LogP contribution in [0.1, 0.15) is 299 Å². The molecule has 10 aliphatic heterocycles. The lowest BCUT2D eigenvalue weighted by Crippen LogP contribution is -2.39. The topological polar surface area (TPSA) is 261 Å². The van der Waals surface area contributed by atoms with Crippen molar-refractivity contribution in [2.24, 2.45) is 0 Å². The van der Waals surface area contributed by atoms with Crippen LogP contribution in [0.5, 0.6) is 0 Å². The highest BCUT2D eigenvalue weighted by Gasteiger charge is 2.45. The summed E-state index contributed by atoms with van der Waals surface area (Å²) in [6.07, 6.45) is -12.2. The van der Waals surface area contributed by atoms with Gasteiger partial charge in [0.1, 0.15) is 0 Å². The number of hydrogen-bond acceptors (Lipinski definition) is 15. The number of fused-ring (bicyclic) bond motifs is 5. The number of rotatable bonds is 15. The van der Waals surface area contributed by atoms with Crippen molar-refractivity contribution in [3.05, 3.63) is 262 Å². The predicted octanol–water partition coefficient (Wildman–Crippen LogP) is 19.5. The van der Waals surface area contributed by atoms with Gasteiger partial charge in [0, 0.05) is 170 Å². The molecule has 0 spiro atoms. The number of carbonyl (C=O) groups excluding carboxylic acids is 5. The van der Waals surface area contributed by atoms with Crippen molar-refractivity contribution in [2.75, 3.05) is 124 Å². The molecule has 5 saturated heterocycles. The first-order valence-electron chi connectivity index (χ1n) is 50.6. The summed E-state index contributed by atoms with van der Waals surface area (Å²) in [6, 6.07) is 28.9. The van der Waals surface area contributed by atoms with Gasteiger partial charge in [-0.05, 0) is 217 Å². The van der Waals surface area contributed by atoms with E-state index in [0.717, 1.165) is 197 Å². The summed E-state index contributed by atoms with van der Waals surface area (Å²) in [5.74, 6) is -1.56. The van der Waals surface area contributed by atoms with Crippen molar-refractivity contribution in [1.82, 2.24) is 100.0 Å². The van der Waals surface area contributed by atoms with Crippen LogP contribution in [0.4, 0.5) is 65.9 Å². The molecule has 5 fully saturated rings. The normalized spacial score (nSPS) is 18.7. The molecule has 25 nitrogen and oxygen atoms in total. The fraction of sp³-hybridized carbons (Fsp3) is 0.524. The molecule has 10 aliphatic rings. The predicted molar refractivity (Wildman–Crippen MR) is 513 cm³/mol. The summed E-state index contributed by atoms with van der Waals surface area (Å²) in [4.78, 5) is 85.2. The van der Waals surface area contributed by atoms with Gasteiger partial charge < -0.3 is 24.5 Å². The van der Waals surface area contributed by atoms with Gasteiger partial charge in [-0.1, -0.05) is 126 Å². The number of aromatic amines is 5. The molecule has 20 rings (SSSR count). The minimum Gasteiger partial charge on any atom is -0.337 e. The van der Waals surface area contributed by atoms with Gasteiger partial charge in [-0.25, -0.2) is 0 Å². The number of alkyl halides is 15. The van der Waals surface area contributed by atoms with Crippen molar-refractivity contribution in [3.8, 4) is 0 Å². The van der Waals surface area contributed by atoms with Gasteiger partial charge in [0.05, 0.1) is 44.9 Å². The first-order chi connectivity index (χ1) is 69.4. The van der Waals surface area contributed by atoms with Gasteiger partial charge in [-0.15, -0.1) is 0 Å². The van der Waals surface area contributed by atoms with Crippen LogP contribution in [-0.4, -0.2) is 254 Å². The van der Waals surface area contributed by atoms with Crippen LogP contribution in [0.2, 0.25) is 0 Å². The van der Waals surface area contributed by atoms with Crippen molar-refractivity contribution < 1.29 is 89.8 Å². The van der Waals surface area contributed by atoms with Crippen molar-refractivity contribution in [1.29, 1.82) is 0 Å². The van der Waals surface area contributed by atoms with Crippen LogP contribution < -0.4 is 0 Å². The highest BCUT2D eigenvalue weighted by atomic mass is 19.4. The van der Waals surface area contributed by atoms with Gasteiger partial charge >= 0.3 is 30.9 Å². The van der Waals surface area contributed by atoms with Crippen molar-refractivity contribution in [2.45, 2.75) is 231 Å². The molecule has 0 atom stereocenters. The van der Waals surface area contributed by atoms with Crippen molar-refractivity contribution in [3.63, 3.8) is 0 Å². The second-order valence-electron chi connectivity index (χ2n) is 39.0. The Kier molecular flexibility index (Phi) is 33.4. The van der Waals surface area contributed by atoms with E-state index in [1.807, 2.05) is 0 Å². The minimum absolute atomic E-state index is 0.116. The fourth-order valence-corrected chi connectivity index (χ4v) is 22.3. The van der Waals surface area contributed by atoms with E-state index in [-0.39, 0.29) is 59.1 Å². The lowest BCUT2D eigenvalue weighted by molar-refractivity contribution is -0.139. The third-order valence-corrected chi connectivity index (χ3v) is 30.7. The molecule has 145 heavy (non-hydrogen) atoms. The molecule has 5 amide bonds. The zero-order valence-electron chi connectivity index (χ0n) is 82.1. The Hall–Kier alpha value is -11.8. The Labute approximate surface area is 832 Å². The summed E-state index contributed by atoms with van der Waals surface area (Å²) in [7, 11) is 0. The number of aromatic nitrogens is 10. The monoisotopic (exact) mass is 2030 g/mol. The number of H-pyrrole nitrogens is 5. The summed E-state index contributed by atoms with van der Waals surface area (Å²) in [5, 5.41) is 36.4. The van der Waals surface area contributed by atoms with Gasteiger partial charge in [-0.2, -0.15) is 91.3 Å². The standard InChI is InChI=1S/C22H27F3N4O.3C21H25F3N4O.C20H23F3N4O/c1-2-28-11-5-8-19-17(14-28)20(27-26-19)21(30)29-12-9-15(10-13-29)16-6-3-4-7-18(16)22(23,24)25;1-2-27-10-9-18-16(13-27)19(26-25-18)20(29)28-11-7-14(8-12-28)15-5-3-4-6-17(15)21(22,23)24;2*1-2-27-10-9-16-18(13-27)25-26-19(16)20(29)28-11-7-14(8-12-28)15-5-3-4-6-17(15)21(22,23)24;1-2-26-11-15-17(12-26)24-25-18(15)19(28)27-9-7-13(8-10-27)14-5-3-4-6-16(14)20(21,22)23/h3-4,6-7,15H,2,5,8-14H2,1H3,(H,26,27);3*3-6,14H,2,7-13H2,1H3,(H,25,26);3-6,13H,2,7-12H2,1H3,(H,24,25). The van der Waals surface area contributed by atoms with Gasteiger partial charge in [0.15, 0.2) is 28.5 Å². The number of hydrogen-bond donors (Lipinski definition) is 5. The number of amides is 5. The van der Waals surface area contributed by atoms with E-state index in [2.05, 4.69) is 110 Å². The molecule has 780 valence electrons. The second kappa shape index (κ2) is 45.7. The molecule has 0 unspecified atom stereocenters. The van der Waals surface area contributed by atoms with Crippen LogP contribution in [0.15, 0.2) is 121 Å². The van der Waals surface area contributed by atoms with E-state index in [4.69, 9.17) is 0 Å². The Morgan fingerprint density at radius 2 is 0.448 bits per heavy atom. The molecule has 5 N–H and O–H groups in total. The van der Waals surface area contributed by atoms with Crippen LogP contribution >= 0.6 is 0 Å². The second-order valence-corrected chi connectivity index (χ2v) is 39.0. The third kappa shape index (κ3) is 24.4. The number of nitrogens with one attached hydrogen (secondary N) is 5. The molecule has 15 heterocycles. The Morgan fingerprint density at radius 1 is 0.248 bits per heavy atom. The van der Waals surface area contributed by atoms with Crippen molar-refractivity contribution >= 4 is 29.5 Å². The first-order valence-corrected chi connectivity index (χ1v) is 50.6. The number of carbonyl (C=O) groups is 5. The maximum atomic E-state index is 13.4. The summed E-state index contributed by atoms with van der Waals surface area (Å²) in [6.45, 7) is 27.7. The Balaban J connectivity index is 0.000000130. The SMILES string of the molecule is CCN1CCCc2[nH]nc(C(=O)N3CCC(c4ccccc4C(F)(F)F)CC3)c2C1.CCN1CCc2[nH]nc(C(=O)N3CCC(c4ccccc4C(F)(F)F)CC3)c2C1.CCN1CCc2c(C(=O)N3CCC(c4ccccc4C(F)(F)F)CC3)n[nH]c2C1.CCN1CCc2c(C(=O)N3CCC(c4ccccc4C(F)(F)F)CC3)n[nH]c2C1.CCN1Cc2[nH]nc(C(=O)N3CCC(c4ccccc4C(F)(F)F)CC3)c2C1. The molecule has 0 radical (unpaired) electrons.